The Kier molecular flexibility index (Phi) is 3.52. The number of phenolic OH excluding ortho intramolecular Hbond substituents is 2. The Labute approximate surface area is 132 Å². The zero-order valence-corrected chi connectivity index (χ0v) is 13.0. The number of ether oxygens (including phenoxy) is 3. The molecule has 0 fully saturated rings. The quantitative estimate of drug-likeness (QED) is 0.654. The second kappa shape index (κ2) is 5.39. The van der Waals surface area contributed by atoms with E-state index in [2.05, 4.69) is 0 Å². The van der Waals surface area contributed by atoms with Crippen molar-refractivity contribution in [1.82, 2.24) is 0 Å². The van der Waals surface area contributed by atoms with Crippen LogP contribution in [0.5, 0.6) is 28.7 Å². The topological polar surface area (TPSA) is 85.2 Å². The molecule has 2 aromatic carbocycles. The number of aromatic hydroxyl groups is 2. The van der Waals surface area contributed by atoms with Crippen molar-refractivity contribution in [2.24, 2.45) is 0 Å². The van der Waals surface area contributed by atoms with Crippen LogP contribution in [0.1, 0.15) is 27.0 Å². The van der Waals surface area contributed by atoms with Crippen LogP contribution in [-0.2, 0) is 6.42 Å². The number of rotatable bonds is 2. The molecule has 6 nitrogen and oxygen atoms in total. The molecule has 120 valence electrons. The van der Waals surface area contributed by atoms with Gasteiger partial charge < -0.3 is 24.4 Å². The van der Waals surface area contributed by atoms with Crippen LogP contribution in [0.25, 0.3) is 0 Å². The summed E-state index contributed by atoms with van der Waals surface area (Å²) in [4.78, 5) is 12.5. The molecule has 1 aliphatic heterocycles. The third kappa shape index (κ3) is 2.32. The first-order chi connectivity index (χ1) is 11.0. The van der Waals surface area contributed by atoms with Crippen LogP contribution in [0, 0.1) is 6.92 Å². The number of carbonyl (C=O) groups excluding carboxylic acids is 1. The van der Waals surface area contributed by atoms with Crippen molar-refractivity contribution in [2.45, 2.75) is 13.3 Å². The maximum Gasteiger partial charge on any atom is 0.347 e. The first-order valence-corrected chi connectivity index (χ1v) is 6.97. The van der Waals surface area contributed by atoms with Gasteiger partial charge in [0.2, 0.25) is 0 Å². The van der Waals surface area contributed by atoms with E-state index >= 15 is 0 Å². The second-order valence-electron chi connectivity index (χ2n) is 5.30. The highest BCUT2D eigenvalue weighted by Crippen LogP contribution is 2.43. The molecule has 0 amide bonds. The van der Waals surface area contributed by atoms with Crippen molar-refractivity contribution >= 4 is 5.97 Å². The lowest BCUT2D eigenvalue weighted by molar-refractivity contribution is 0.0726. The number of hydrogen-bond donors (Lipinski definition) is 2. The summed E-state index contributed by atoms with van der Waals surface area (Å²) in [5, 5.41) is 20.2. The van der Waals surface area contributed by atoms with Crippen LogP contribution in [0.15, 0.2) is 18.2 Å². The van der Waals surface area contributed by atoms with E-state index < -0.39 is 5.97 Å². The molecular weight excluding hydrogens is 300 g/mol. The largest absolute Gasteiger partial charge is 0.508 e. The van der Waals surface area contributed by atoms with Gasteiger partial charge in [-0.15, -0.1) is 0 Å². The molecule has 0 radical (unpaired) electrons. The number of hydrogen-bond acceptors (Lipinski definition) is 6. The SMILES string of the molecule is COc1cc(O)cc2c1OC(=O)c1c(OC)cc(C)c(O)c1C2. The molecule has 0 spiro atoms. The van der Waals surface area contributed by atoms with Crippen molar-refractivity contribution in [3.8, 4) is 28.7 Å². The molecule has 0 aliphatic carbocycles. The standard InChI is InChI=1S/C17H16O6/c1-8-4-12(21-2)14-11(15(8)19)6-9-5-10(18)7-13(22-3)16(9)23-17(14)20/h4-5,7,18-19H,6H2,1-3H3. The number of methoxy groups -OCH3 is 2. The fourth-order valence-corrected chi connectivity index (χ4v) is 2.78. The Hall–Kier alpha value is -2.89. The van der Waals surface area contributed by atoms with Gasteiger partial charge in [0.15, 0.2) is 11.5 Å². The minimum absolute atomic E-state index is 0.00732. The molecule has 3 rings (SSSR count). The maximum atomic E-state index is 12.5. The van der Waals surface area contributed by atoms with E-state index in [0.717, 1.165) is 0 Å². The summed E-state index contributed by atoms with van der Waals surface area (Å²) in [6.07, 6.45) is 0.199. The second-order valence-corrected chi connectivity index (χ2v) is 5.30. The fraction of sp³-hybridized carbons (Fsp3) is 0.235. The Bertz CT molecular complexity index is 809. The number of carbonyl (C=O) groups is 1. The van der Waals surface area contributed by atoms with Crippen LogP contribution in [-0.4, -0.2) is 30.4 Å². The highest BCUT2D eigenvalue weighted by atomic mass is 16.6. The maximum absolute atomic E-state index is 12.5. The van der Waals surface area contributed by atoms with Gasteiger partial charge in [-0.25, -0.2) is 4.79 Å². The summed E-state index contributed by atoms with van der Waals surface area (Å²) in [6.45, 7) is 1.72. The zero-order valence-electron chi connectivity index (χ0n) is 13.0. The monoisotopic (exact) mass is 316 g/mol. The number of benzene rings is 2. The first kappa shape index (κ1) is 15.0. The molecular formula is C17H16O6. The number of fused-ring (bicyclic) bond motifs is 2. The summed E-state index contributed by atoms with van der Waals surface area (Å²) in [6, 6.07) is 4.43. The number of phenols is 2. The van der Waals surface area contributed by atoms with Crippen LogP contribution in [0.3, 0.4) is 0 Å². The van der Waals surface area contributed by atoms with E-state index in [1.165, 1.54) is 26.4 Å². The highest BCUT2D eigenvalue weighted by Gasteiger charge is 2.30. The van der Waals surface area contributed by atoms with Crippen molar-refractivity contribution in [2.75, 3.05) is 14.2 Å². The van der Waals surface area contributed by atoms with Crippen LogP contribution in [0.4, 0.5) is 0 Å². The summed E-state index contributed by atoms with van der Waals surface area (Å²) in [7, 11) is 2.87. The van der Waals surface area contributed by atoms with Gasteiger partial charge in [0.05, 0.1) is 14.2 Å². The molecule has 1 heterocycles. The highest BCUT2D eigenvalue weighted by molar-refractivity contribution is 5.98. The molecule has 6 heteroatoms. The number of aryl methyl sites for hydroxylation is 1. The molecule has 0 bridgehead atoms. The Morgan fingerprint density at radius 2 is 1.78 bits per heavy atom. The van der Waals surface area contributed by atoms with Gasteiger partial charge in [0, 0.05) is 23.6 Å². The van der Waals surface area contributed by atoms with Gasteiger partial charge in [-0.2, -0.15) is 0 Å². The van der Waals surface area contributed by atoms with Gasteiger partial charge in [0.25, 0.3) is 0 Å². The number of esters is 1. The first-order valence-electron chi connectivity index (χ1n) is 6.97. The lowest BCUT2D eigenvalue weighted by atomic mass is 9.96. The van der Waals surface area contributed by atoms with Gasteiger partial charge in [0.1, 0.15) is 22.8 Å². The predicted molar refractivity (Wildman–Crippen MR) is 81.8 cm³/mol. The van der Waals surface area contributed by atoms with E-state index in [1.807, 2.05) is 0 Å². The molecule has 0 aromatic heterocycles. The van der Waals surface area contributed by atoms with Gasteiger partial charge in [-0.1, -0.05) is 0 Å². The molecule has 0 unspecified atom stereocenters. The summed E-state index contributed by atoms with van der Waals surface area (Å²) < 4.78 is 15.9. The van der Waals surface area contributed by atoms with Crippen LogP contribution < -0.4 is 14.2 Å². The van der Waals surface area contributed by atoms with Crippen LogP contribution >= 0.6 is 0 Å². The molecule has 2 aromatic rings. The van der Waals surface area contributed by atoms with Crippen molar-refractivity contribution < 1.29 is 29.2 Å². The molecule has 0 saturated carbocycles. The average Bonchev–Trinajstić information content (AvgIpc) is 2.67. The normalized spacial score (nSPS) is 12.7. The van der Waals surface area contributed by atoms with E-state index in [4.69, 9.17) is 14.2 Å². The zero-order chi connectivity index (χ0) is 16.7. The third-order valence-corrected chi connectivity index (χ3v) is 3.88. The van der Waals surface area contributed by atoms with E-state index in [9.17, 15) is 15.0 Å². The minimum Gasteiger partial charge on any atom is -0.508 e. The van der Waals surface area contributed by atoms with Gasteiger partial charge in [-0.3, -0.25) is 0 Å². The smallest absolute Gasteiger partial charge is 0.347 e. The third-order valence-electron chi connectivity index (χ3n) is 3.88. The summed E-state index contributed by atoms with van der Waals surface area (Å²) in [5.41, 5.74) is 1.70. The predicted octanol–water partition coefficient (Wildman–Crippen LogP) is 2.55. The van der Waals surface area contributed by atoms with Crippen molar-refractivity contribution in [3.05, 3.63) is 40.5 Å². The van der Waals surface area contributed by atoms with E-state index in [-0.39, 0.29) is 35.0 Å². The summed E-state index contributed by atoms with van der Waals surface area (Å²) >= 11 is 0. The molecule has 0 atom stereocenters. The van der Waals surface area contributed by atoms with E-state index in [1.54, 1.807) is 13.0 Å². The average molecular weight is 316 g/mol. The molecule has 0 saturated heterocycles. The Morgan fingerprint density at radius 1 is 1.09 bits per heavy atom. The van der Waals surface area contributed by atoms with Crippen LogP contribution in [0.2, 0.25) is 0 Å². The lowest BCUT2D eigenvalue weighted by Gasteiger charge is -2.13. The Morgan fingerprint density at radius 3 is 2.43 bits per heavy atom. The Balaban J connectivity index is 2.29. The summed E-state index contributed by atoms with van der Waals surface area (Å²) in [5.74, 6) is 0.153. The fourth-order valence-electron chi connectivity index (χ4n) is 2.78. The van der Waals surface area contributed by atoms with Gasteiger partial charge in [-0.05, 0) is 24.6 Å². The minimum atomic E-state index is -0.644. The lowest BCUT2D eigenvalue weighted by Crippen LogP contribution is -2.11. The molecule has 2 N–H and O–H groups in total. The van der Waals surface area contributed by atoms with Crippen molar-refractivity contribution in [3.63, 3.8) is 0 Å². The molecule has 1 aliphatic rings. The van der Waals surface area contributed by atoms with Gasteiger partial charge >= 0.3 is 5.97 Å². The molecule has 23 heavy (non-hydrogen) atoms. The van der Waals surface area contributed by atoms with E-state index in [0.29, 0.717) is 22.4 Å². The van der Waals surface area contributed by atoms with Crippen molar-refractivity contribution in [1.29, 1.82) is 0 Å².